The second-order valence-electron chi connectivity index (χ2n) is 4.91. The minimum Gasteiger partial charge on any atom is -0.324 e. The molecule has 1 heterocycles. The second-order valence-corrected chi connectivity index (χ2v) is 5.31. The number of amides is 1. The van der Waals surface area contributed by atoms with Gasteiger partial charge in [-0.2, -0.15) is 0 Å². The molecule has 1 aromatic rings. The Balaban J connectivity index is 2.02. The van der Waals surface area contributed by atoms with Crippen LogP contribution >= 0.6 is 11.6 Å². The van der Waals surface area contributed by atoms with Gasteiger partial charge in [-0.1, -0.05) is 17.7 Å². The normalized spacial score (nSPS) is 22.3. The number of carbonyl (C=O) groups excluding carboxylic acids is 2. The highest BCUT2D eigenvalue weighted by Gasteiger charge is 2.31. The average molecular weight is 281 g/mol. The lowest BCUT2D eigenvalue weighted by molar-refractivity contribution is -0.120. The first kappa shape index (κ1) is 14.0. The Bertz CT molecular complexity index is 516. The maximum atomic E-state index is 12.1. The minimum atomic E-state index is -0.313. The van der Waals surface area contributed by atoms with Crippen LogP contribution in [0.2, 0.25) is 5.02 Å². The van der Waals surface area contributed by atoms with Gasteiger partial charge in [0.05, 0.1) is 6.04 Å². The van der Waals surface area contributed by atoms with Crippen LogP contribution in [-0.2, 0) is 9.59 Å². The van der Waals surface area contributed by atoms with Crippen molar-refractivity contribution >= 4 is 29.0 Å². The molecule has 0 radical (unpaired) electrons. The molecule has 0 bridgehead atoms. The van der Waals surface area contributed by atoms with E-state index in [-0.39, 0.29) is 23.7 Å². The molecular weight excluding hydrogens is 264 g/mol. The molecule has 2 unspecified atom stereocenters. The van der Waals surface area contributed by atoms with Crippen molar-refractivity contribution in [2.75, 3.05) is 11.9 Å². The first-order valence-corrected chi connectivity index (χ1v) is 6.66. The molecular formula is C14H17ClN2O2. The fraction of sp³-hybridized carbons (Fsp3) is 0.429. The Morgan fingerprint density at radius 3 is 2.79 bits per heavy atom. The molecule has 1 aromatic carbocycles. The van der Waals surface area contributed by atoms with E-state index < -0.39 is 0 Å². The summed E-state index contributed by atoms with van der Waals surface area (Å²) in [5, 5.41) is 6.56. The van der Waals surface area contributed by atoms with Gasteiger partial charge >= 0.3 is 0 Å². The van der Waals surface area contributed by atoms with Crippen molar-refractivity contribution in [1.29, 1.82) is 0 Å². The summed E-state index contributed by atoms with van der Waals surface area (Å²) in [6.07, 6.45) is 0.556. The average Bonchev–Trinajstić information content (AvgIpc) is 2.84. The first-order valence-electron chi connectivity index (χ1n) is 6.29. The summed E-state index contributed by atoms with van der Waals surface area (Å²) in [6, 6.07) is 5.08. The Hall–Kier alpha value is -1.39. The van der Waals surface area contributed by atoms with Crippen molar-refractivity contribution in [3.8, 4) is 0 Å². The van der Waals surface area contributed by atoms with Crippen molar-refractivity contribution in [3.05, 3.63) is 28.8 Å². The van der Waals surface area contributed by atoms with Crippen molar-refractivity contribution < 1.29 is 9.59 Å². The number of ketones is 1. The summed E-state index contributed by atoms with van der Waals surface area (Å²) in [5.74, 6) is -0.0490. The minimum absolute atomic E-state index is 0.0591. The van der Waals surface area contributed by atoms with Gasteiger partial charge in [-0.25, -0.2) is 0 Å². The van der Waals surface area contributed by atoms with Gasteiger partial charge in [0, 0.05) is 23.2 Å². The van der Waals surface area contributed by atoms with E-state index in [0.717, 1.165) is 5.56 Å². The van der Waals surface area contributed by atoms with E-state index in [4.69, 9.17) is 11.6 Å². The molecule has 1 aliphatic heterocycles. The lowest BCUT2D eigenvalue weighted by Gasteiger charge is -2.13. The van der Waals surface area contributed by atoms with Crippen molar-refractivity contribution in [3.63, 3.8) is 0 Å². The Morgan fingerprint density at radius 2 is 2.16 bits per heavy atom. The third-order valence-electron chi connectivity index (χ3n) is 3.55. The fourth-order valence-corrected chi connectivity index (χ4v) is 2.38. The molecule has 0 saturated carbocycles. The zero-order chi connectivity index (χ0) is 14.0. The summed E-state index contributed by atoms with van der Waals surface area (Å²) in [4.78, 5) is 23.4. The van der Waals surface area contributed by atoms with Crippen LogP contribution in [0.5, 0.6) is 0 Å². The maximum absolute atomic E-state index is 12.1. The number of Topliss-reactive ketones (excluding diaryl/α,β-unsaturated/α-hetero) is 1. The predicted octanol–water partition coefficient (Wildman–Crippen LogP) is 2.15. The van der Waals surface area contributed by atoms with Gasteiger partial charge in [-0.15, -0.1) is 0 Å². The van der Waals surface area contributed by atoms with Crippen LogP contribution in [0.1, 0.15) is 18.9 Å². The fourth-order valence-electron chi connectivity index (χ4n) is 2.21. The van der Waals surface area contributed by atoms with Crippen LogP contribution in [0.15, 0.2) is 18.2 Å². The van der Waals surface area contributed by atoms with Gasteiger partial charge in [-0.3, -0.25) is 9.59 Å². The molecule has 2 rings (SSSR count). The number of nitrogens with one attached hydrogen (secondary N) is 2. The van der Waals surface area contributed by atoms with E-state index in [1.54, 1.807) is 19.1 Å². The quantitative estimate of drug-likeness (QED) is 0.892. The maximum Gasteiger partial charge on any atom is 0.241 e. The third kappa shape index (κ3) is 3.14. The van der Waals surface area contributed by atoms with Gasteiger partial charge in [0.2, 0.25) is 5.91 Å². The summed E-state index contributed by atoms with van der Waals surface area (Å²) in [7, 11) is 0. The number of carbonyl (C=O) groups is 2. The molecule has 1 amide bonds. The van der Waals surface area contributed by atoms with Gasteiger partial charge in [-0.05, 0) is 38.0 Å². The van der Waals surface area contributed by atoms with Gasteiger partial charge in [0.15, 0.2) is 0 Å². The third-order valence-corrected chi connectivity index (χ3v) is 3.96. The first-order chi connectivity index (χ1) is 8.99. The van der Waals surface area contributed by atoms with Crippen molar-refractivity contribution in [2.45, 2.75) is 26.3 Å². The summed E-state index contributed by atoms with van der Waals surface area (Å²) in [5.41, 5.74) is 1.56. The van der Waals surface area contributed by atoms with E-state index in [1.807, 2.05) is 13.0 Å². The van der Waals surface area contributed by atoms with Crippen LogP contribution < -0.4 is 10.6 Å². The lowest BCUT2D eigenvalue weighted by Crippen LogP contribution is -2.35. The number of rotatable bonds is 3. The number of benzene rings is 1. The molecule has 19 heavy (non-hydrogen) atoms. The zero-order valence-corrected chi connectivity index (χ0v) is 11.8. The van der Waals surface area contributed by atoms with E-state index in [2.05, 4.69) is 10.6 Å². The molecule has 0 aromatic heterocycles. The molecule has 1 aliphatic rings. The second kappa shape index (κ2) is 5.72. The molecule has 0 spiro atoms. The monoisotopic (exact) mass is 280 g/mol. The van der Waals surface area contributed by atoms with Crippen LogP contribution in [-0.4, -0.2) is 24.3 Å². The number of hydrogen-bond donors (Lipinski definition) is 2. The van der Waals surface area contributed by atoms with Gasteiger partial charge in [0.1, 0.15) is 5.78 Å². The van der Waals surface area contributed by atoms with Gasteiger partial charge in [0.25, 0.3) is 0 Å². The standard InChI is InChI=1S/C14H17ClN2O2/c1-8-11(15)4-3-5-12(8)17-14(19)13-6-10(7-16-13)9(2)18/h3-5,10,13,16H,6-7H2,1-2H3,(H,17,19). The number of halogens is 1. The summed E-state index contributed by atoms with van der Waals surface area (Å²) < 4.78 is 0. The van der Waals surface area contributed by atoms with Crippen LogP contribution in [0.4, 0.5) is 5.69 Å². The Labute approximate surface area is 117 Å². The lowest BCUT2D eigenvalue weighted by atomic mass is 10.0. The van der Waals surface area contributed by atoms with Crippen LogP contribution in [0, 0.1) is 12.8 Å². The van der Waals surface area contributed by atoms with Crippen LogP contribution in [0.25, 0.3) is 0 Å². The topological polar surface area (TPSA) is 58.2 Å². The van der Waals surface area contributed by atoms with E-state index in [9.17, 15) is 9.59 Å². The zero-order valence-electron chi connectivity index (χ0n) is 11.0. The largest absolute Gasteiger partial charge is 0.324 e. The molecule has 5 heteroatoms. The highest BCUT2D eigenvalue weighted by atomic mass is 35.5. The molecule has 1 saturated heterocycles. The molecule has 4 nitrogen and oxygen atoms in total. The highest BCUT2D eigenvalue weighted by molar-refractivity contribution is 6.31. The molecule has 0 aliphatic carbocycles. The van der Waals surface area contributed by atoms with Crippen LogP contribution in [0.3, 0.4) is 0 Å². The molecule has 2 N–H and O–H groups in total. The summed E-state index contributed by atoms with van der Waals surface area (Å²) >= 11 is 6.01. The highest BCUT2D eigenvalue weighted by Crippen LogP contribution is 2.24. The predicted molar refractivity (Wildman–Crippen MR) is 75.4 cm³/mol. The number of hydrogen-bond acceptors (Lipinski definition) is 3. The van der Waals surface area contributed by atoms with Crippen molar-refractivity contribution in [1.82, 2.24) is 5.32 Å². The van der Waals surface area contributed by atoms with E-state index >= 15 is 0 Å². The van der Waals surface area contributed by atoms with Crippen molar-refractivity contribution in [2.24, 2.45) is 5.92 Å². The molecule has 1 fully saturated rings. The molecule has 2 atom stereocenters. The smallest absolute Gasteiger partial charge is 0.241 e. The van der Waals surface area contributed by atoms with E-state index in [1.165, 1.54) is 0 Å². The molecule has 102 valence electrons. The van der Waals surface area contributed by atoms with Gasteiger partial charge < -0.3 is 10.6 Å². The number of anilines is 1. The summed E-state index contributed by atoms with van der Waals surface area (Å²) in [6.45, 7) is 3.99. The Kier molecular flexibility index (Phi) is 4.22. The Morgan fingerprint density at radius 1 is 1.42 bits per heavy atom. The SMILES string of the molecule is CC(=O)C1CNC(C(=O)Nc2cccc(Cl)c2C)C1. The van der Waals surface area contributed by atoms with E-state index in [0.29, 0.717) is 23.7 Å².